The molecule has 5 rings (SSSR count). The third-order valence-corrected chi connectivity index (χ3v) is 6.22. The zero-order valence-corrected chi connectivity index (χ0v) is 17.6. The zero-order chi connectivity index (χ0) is 20.7. The molecule has 2 aliphatic heterocycles. The maximum absolute atomic E-state index is 12.0. The molecule has 0 saturated carbocycles. The quantitative estimate of drug-likeness (QED) is 0.591. The van der Waals surface area contributed by atoms with Crippen molar-refractivity contribution in [1.29, 1.82) is 0 Å². The van der Waals surface area contributed by atoms with Gasteiger partial charge in [-0.2, -0.15) is 0 Å². The van der Waals surface area contributed by atoms with Crippen LogP contribution in [0, 0.1) is 6.92 Å². The summed E-state index contributed by atoms with van der Waals surface area (Å²) in [5, 5.41) is 1.60. The lowest BCUT2D eigenvalue weighted by atomic mass is 10.1. The second-order valence-electron chi connectivity index (χ2n) is 7.93. The topological polar surface area (TPSA) is 55.2 Å². The molecule has 30 heavy (non-hydrogen) atoms. The van der Waals surface area contributed by atoms with E-state index >= 15 is 0 Å². The fraction of sp³-hybridized carbons (Fsp3) is 0.348. The van der Waals surface area contributed by atoms with Gasteiger partial charge in [0, 0.05) is 55.7 Å². The fourth-order valence-corrected chi connectivity index (χ4v) is 4.29. The smallest absolute Gasteiger partial charge is 0.336 e. The molecule has 1 fully saturated rings. The Labute approximate surface area is 179 Å². The van der Waals surface area contributed by atoms with Crippen molar-refractivity contribution in [3.8, 4) is 11.5 Å². The molecule has 0 bridgehead atoms. The Morgan fingerprint density at radius 1 is 0.933 bits per heavy atom. The van der Waals surface area contributed by atoms with E-state index in [0.29, 0.717) is 23.9 Å². The van der Waals surface area contributed by atoms with Gasteiger partial charge >= 0.3 is 5.63 Å². The first-order chi connectivity index (χ1) is 14.5. The van der Waals surface area contributed by atoms with E-state index in [-0.39, 0.29) is 5.63 Å². The summed E-state index contributed by atoms with van der Waals surface area (Å²) in [6.45, 7) is 7.61. The predicted octanol–water partition coefficient (Wildman–Crippen LogP) is 3.80. The molecule has 6 nitrogen and oxygen atoms in total. The largest absolute Gasteiger partial charge is 0.454 e. The summed E-state index contributed by atoms with van der Waals surface area (Å²) < 4.78 is 16.3. The Hall–Kier alpha value is -2.54. The van der Waals surface area contributed by atoms with Gasteiger partial charge in [-0.1, -0.05) is 17.7 Å². The third kappa shape index (κ3) is 3.90. The van der Waals surface area contributed by atoms with E-state index in [9.17, 15) is 4.79 Å². The highest BCUT2D eigenvalue weighted by molar-refractivity contribution is 6.32. The number of hydrogen-bond acceptors (Lipinski definition) is 6. The lowest BCUT2D eigenvalue weighted by Gasteiger charge is -2.34. The predicted molar refractivity (Wildman–Crippen MR) is 115 cm³/mol. The average molecular weight is 427 g/mol. The number of ether oxygens (including phenoxy) is 2. The molecule has 0 aliphatic carbocycles. The molecule has 0 N–H and O–H groups in total. The highest BCUT2D eigenvalue weighted by Crippen LogP contribution is 2.33. The van der Waals surface area contributed by atoms with Gasteiger partial charge < -0.3 is 13.9 Å². The van der Waals surface area contributed by atoms with Crippen LogP contribution in [0.3, 0.4) is 0 Å². The zero-order valence-electron chi connectivity index (χ0n) is 16.8. The van der Waals surface area contributed by atoms with E-state index in [0.717, 1.165) is 60.7 Å². The van der Waals surface area contributed by atoms with Crippen LogP contribution in [0.15, 0.2) is 45.6 Å². The number of halogens is 1. The SMILES string of the molecule is Cc1cc2oc(=O)cc(CN3CCN(Cc4ccc5c(c4)OCO5)CC3)c2cc1Cl. The van der Waals surface area contributed by atoms with Gasteiger partial charge in [0.05, 0.1) is 0 Å². The molecule has 1 aromatic heterocycles. The minimum absolute atomic E-state index is 0.300. The highest BCUT2D eigenvalue weighted by atomic mass is 35.5. The third-order valence-electron chi connectivity index (χ3n) is 5.81. The number of hydrogen-bond donors (Lipinski definition) is 0. The van der Waals surface area contributed by atoms with E-state index in [1.807, 2.05) is 25.1 Å². The van der Waals surface area contributed by atoms with Gasteiger partial charge in [-0.25, -0.2) is 4.79 Å². The van der Waals surface area contributed by atoms with Crippen LogP contribution >= 0.6 is 11.6 Å². The molecular weight excluding hydrogens is 404 g/mol. The van der Waals surface area contributed by atoms with Crippen molar-refractivity contribution in [2.24, 2.45) is 0 Å². The van der Waals surface area contributed by atoms with E-state index in [1.54, 1.807) is 6.07 Å². The molecular formula is C23H23ClN2O4. The second-order valence-corrected chi connectivity index (χ2v) is 8.34. The maximum Gasteiger partial charge on any atom is 0.336 e. The fourth-order valence-electron chi connectivity index (χ4n) is 4.12. The maximum atomic E-state index is 12.0. The monoisotopic (exact) mass is 426 g/mol. The van der Waals surface area contributed by atoms with Gasteiger partial charge in [0.2, 0.25) is 6.79 Å². The number of rotatable bonds is 4. The van der Waals surface area contributed by atoms with Crippen LogP contribution in [-0.2, 0) is 13.1 Å². The van der Waals surface area contributed by atoms with Crippen LogP contribution in [0.25, 0.3) is 11.0 Å². The molecule has 0 unspecified atom stereocenters. The van der Waals surface area contributed by atoms with Crippen molar-refractivity contribution >= 4 is 22.6 Å². The Morgan fingerprint density at radius 2 is 1.67 bits per heavy atom. The van der Waals surface area contributed by atoms with Gasteiger partial charge in [0.1, 0.15) is 5.58 Å². The van der Waals surface area contributed by atoms with Gasteiger partial charge in [-0.05, 0) is 47.9 Å². The summed E-state index contributed by atoms with van der Waals surface area (Å²) in [6, 6.07) is 11.5. The van der Waals surface area contributed by atoms with Crippen molar-refractivity contribution in [1.82, 2.24) is 9.80 Å². The molecule has 7 heteroatoms. The molecule has 0 atom stereocenters. The van der Waals surface area contributed by atoms with Gasteiger partial charge in [0.25, 0.3) is 0 Å². The number of piperazine rings is 1. The standard InChI is InChI=1S/C23H23ClN2O4/c1-15-8-21-18(11-19(15)24)17(10-23(27)30-21)13-26-6-4-25(5-7-26)12-16-2-3-20-22(9-16)29-14-28-20/h2-3,8-11H,4-7,12-14H2,1H3. The number of benzene rings is 2. The van der Waals surface area contributed by atoms with Crippen LogP contribution in [0.5, 0.6) is 11.5 Å². The first-order valence-electron chi connectivity index (χ1n) is 10.1. The first-order valence-corrected chi connectivity index (χ1v) is 10.5. The van der Waals surface area contributed by atoms with Crippen molar-refractivity contribution in [2.75, 3.05) is 33.0 Å². The normalized spacial score (nSPS) is 17.0. The summed E-state index contributed by atoms with van der Waals surface area (Å²) in [5.74, 6) is 1.65. The van der Waals surface area contributed by atoms with Crippen molar-refractivity contribution in [3.05, 3.63) is 68.5 Å². The molecule has 0 spiro atoms. The van der Waals surface area contributed by atoms with Crippen LogP contribution in [0.1, 0.15) is 16.7 Å². The Bertz CT molecular complexity index is 1150. The lowest BCUT2D eigenvalue weighted by Crippen LogP contribution is -2.45. The minimum Gasteiger partial charge on any atom is -0.454 e. The summed E-state index contributed by atoms with van der Waals surface area (Å²) in [4.78, 5) is 16.8. The Morgan fingerprint density at radius 3 is 2.47 bits per heavy atom. The van der Waals surface area contributed by atoms with Gasteiger partial charge in [0.15, 0.2) is 11.5 Å². The summed E-state index contributed by atoms with van der Waals surface area (Å²) in [5.41, 5.74) is 3.37. The lowest BCUT2D eigenvalue weighted by molar-refractivity contribution is 0.122. The van der Waals surface area contributed by atoms with E-state index in [1.165, 1.54) is 5.56 Å². The van der Waals surface area contributed by atoms with Crippen LogP contribution < -0.4 is 15.1 Å². The van der Waals surface area contributed by atoms with E-state index in [2.05, 4.69) is 21.9 Å². The Kier molecular flexibility index (Phi) is 5.15. The molecule has 0 radical (unpaired) electrons. The van der Waals surface area contributed by atoms with Crippen molar-refractivity contribution < 1.29 is 13.9 Å². The van der Waals surface area contributed by atoms with E-state index in [4.69, 9.17) is 25.5 Å². The number of aryl methyl sites for hydroxylation is 1. The second kappa shape index (κ2) is 7.95. The van der Waals surface area contributed by atoms with Crippen LogP contribution in [0.4, 0.5) is 0 Å². The van der Waals surface area contributed by atoms with Gasteiger partial charge in [-0.15, -0.1) is 0 Å². The minimum atomic E-state index is -0.319. The molecule has 3 aromatic rings. The molecule has 0 amide bonds. The van der Waals surface area contributed by atoms with Crippen molar-refractivity contribution in [2.45, 2.75) is 20.0 Å². The van der Waals surface area contributed by atoms with E-state index < -0.39 is 0 Å². The summed E-state index contributed by atoms with van der Waals surface area (Å²) in [7, 11) is 0. The Balaban J connectivity index is 1.25. The van der Waals surface area contributed by atoms with Gasteiger partial charge in [-0.3, -0.25) is 9.80 Å². The van der Waals surface area contributed by atoms with Crippen molar-refractivity contribution in [3.63, 3.8) is 0 Å². The summed E-state index contributed by atoms with van der Waals surface area (Å²) in [6.07, 6.45) is 0. The molecule has 1 saturated heterocycles. The molecule has 156 valence electrons. The van der Waals surface area contributed by atoms with Crippen LogP contribution in [0.2, 0.25) is 5.02 Å². The van der Waals surface area contributed by atoms with Crippen LogP contribution in [-0.4, -0.2) is 42.8 Å². The average Bonchev–Trinajstić information content (AvgIpc) is 3.19. The summed E-state index contributed by atoms with van der Waals surface area (Å²) >= 11 is 6.32. The molecule has 3 heterocycles. The molecule has 2 aliphatic rings. The molecule has 2 aromatic carbocycles. The number of fused-ring (bicyclic) bond motifs is 2. The number of nitrogens with zero attached hydrogens (tertiary/aromatic N) is 2. The first kappa shape index (κ1) is 19.4. The highest BCUT2D eigenvalue weighted by Gasteiger charge is 2.20.